The predicted octanol–water partition coefficient (Wildman–Crippen LogP) is 4.14. The number of nitrogens with one attached hydrogen (secondary N) is 1. The Bertz CT molecular complexity index is 1130. The van der Waals surface area contributed by atoms with Crippen molar-refractivity contribution in [2.24, 2.45) is 0 Å². The van der Waals surface area contributed by atoms with Crippen molar-refractivity contribution in [1.29, 1.82) is 0 Å². The molecule has 1 amide bonds. The molecular weight excluding hydrogens is 396 g/mol. The van der Waals surface area contributed by atoms with Crippen LogP contribution in [0.4, 0.5) is 0 Å². The van der Waals surface area contributed by atoms with E-state index >= 15 is 0 Å². The fourth-order valence-corrected chi connectivity index (χ4v) is 5.08. The van der Waals surface area contributed by atoms with Crippen LogP contribution in [0.2, 0.25) is 0 Å². The number of aryl methyl sites for hydroxylation is 2. The van der Waals surface area contributed by atoms with E-state index in [2.05, 4.69) is 16.0 Å². The van der Waals surface area contributed by atoms with Gasteiger partial charge in [0.1, 0.15) is 0 Å². The molecule has 1 heterocycles. The summed E-state index contributed by atoms with van der Waals surface area (Å²) in [5.41, 5.74) is 5.42. The first kappa shape index (κ1) is 21.8. The first-order valence-electron chi connectivity index (χ1n) is 10.1. The molecule has 0 aliphatic carbocycles. The highest BCUT2D eigenvalue weighted by atomic mass is 32.2. The summed E-state index contributed by atoms with van der Waals surface area (Å²) >= 11 is 0. The van der Waals surface area contributed by atoms with Crippen LogP contribution in [0.15, 0.2) is 60.7 Å². The lowest BCUT2D eigenvalue weighted by Crippen LogP contribution is -2.26. The van der Waals surface area contributed by atoms with E-state index in [1.54, 1.807) is 0 Å². The minimum atomic E-state index is -3.20. The van der Waals surface area contributed by atoms with Gasteiger partial charge in [0.15, 0.2) is 9.84 Å². The second-order valence-electron chi connectivity index (χ2n) is 7.65. The van der Waals surface area contributed by atoms with Gasteiger partial charge < -0.3 is 9.88 Å². The van der Waals surface area contributed by atoms with Gasteiger partial charge in [-0.3, -0.25) is 4.79 Å². The molecule has 1 N–H and O–H groups in total. The zero-order valence-corrected chi connectivity index (χ0v) is 18.5. The SMILES string of the molecule is Cc1cccc(-n2c(C)cc(C(=O)NCCCS(=O)(=O)Cc3ccccc3)c2C)c1. The summed E-state index contributed by atoms with van der Waals surface area (Å²) in [6.07, 6.45) is 0.386. The molecule has 0 saturated heterocycles. The molecule has 0 radical (unpaired) electrons. The number of carbonyl (C=O) groups excluding carboxylic acids is 1. The summed E-state index contributed by atoms with van der Waals surface area (Å²) in [5.74, 6) is -0.105. The molecule has 3 rings (SSSR count). The summed E-state index contributed by atoms with van der Waals surface area (Å²) in [6.45, 7) is 6.26. The average molecular weight is 425 g/mol. The van der Waals surface area contributed by atoms with Crippen LogP contribution in [0.3, 0.4) is 0 Å². The number of nitrogens with zero attached hydrogens (tertiary/aromatic N) is 1. The molecule has 0 fully saturated rings. The minimum absolute atomic E-state index is 0.0272. The molecule has 1 aromatic heterocycles. The van der Waals surface area contributed by atoms with Crippen LogP contribution in [0.1, 0.15) is 39.3 Å². The number of sulfone groups is 1. The van der Waals surface area contributed by atoms with Crippen LogP contribution in [0.5, 0.6) is 0 Å². The standard InChI is InChI=1S/C24H28N2O3S/c1-18-9-7-12-22(15-18)26-19(2)16-23(20(26)3)24(27)25-13-8-14-30(28,29)17-21-10-5-4-6-11-21/h4-7,9-12,15-16H,8,13-14,17H2,1-3H3,(H,25,27). The third-order valence-electron chi connectivity index (χ3n) is 5.08. The minimum Gasteiger partial charge on any atom is -0.352 e. The largest absolute Gasteiger partial charge is 0.352 e. The number of rotatable bonds is 8. The quantitative estimate of drug-likeness (QED) is 0.553. The lowest BCUT2D eigenvalue weighted by Gasteiger charge is -2.11. The summed E-state index contributed by atoms with van der Waals surface area (Å²) in [6, 6.07) is 19.2. The molecule has 0 saturated carbocycles. The maximum absolute atomic E-state index is 12.7. The number of aromatic nitrogens is 1. The van der Waals surface area contributed by atoms with E-state index < -0.39 is 9.84 Å². The van der Waals surface area contributed by atoms with Gasteiger partial charge in [0.25, 0.3) is 5.91 Å². The van der Waals surface area contributed by atoms with Gasteiger partial charge in [0, 0.05) is 23.6 Å². The van der Waals surface area contributed by atoms with E-state index in [4.69, 9.17) is 0 Å². The van der Waals surface area contributed by atoms with Gasteiger partial charge in [-0.15, -0.1) is 0 Å². The maximum Gasteiger partial charge on any atom is 0.253 e. The molecular formula is C24H28N2O3S. The van der Waals surface area contributed by atoms with E-state index in [-0.39, 0.29) is 17.4 Å². The molecule has 3 aromatic rings. The number of carbonyl (C=O) groups is 1. The zero-order valence-electron chi connectivity index (χ0n) is 17.7. The average Bonchev–Trinajstić information content (AvgIpc) is 3.00. The Labute approximate surface area is 178 Å². The van der Waals surface area contributed by atoms with Crippen molar-refractivity contribution in [3.05, 3.63) is 88.7 Å². The van der Waals surface area contributed by atoms with Crippen molar-refractivity contribution in [1.82, 2.24) is 9.88 Å². The van der Waals surface area contributed by atoms with Crippen LogP contribution in [0, 0.1) is 20.8 Å². The fourth-order valence-electron chi connectivity index (χ4n) is 3.65. The normalized spacial score (nSPS) is 11.4. The van der Waals surface area contributed by atoms with Crippen molar-refractivity contribution >= 4 is 15.7 Å². The highest BCUT2D eigenvalue weighted by molar-refractivity contribution is 7.90. The maximum atomic E-state index is 12.7. The summed E-state index contributed by atoms with van der Waals surface area (Å²) in [5, 5.41) is 2.86. The molecule has 5 nitrogen and oxygen atoms in total. The Morgan fingerprint density at radius 3 is 2.40 bits per heavy atom. The molecule has 0 aliphatic rings. The Kier molecular flexibility index (Phi) is 6.77. The van der Waals surface area contributed by atoms with Gasteiger partial charge in [0.2, 0.25) is 0 Å². The molecule has 6 heteroatoms. The summed E-state index contributed by atoms with van der Waals surface area (Å²) in [7, 11) is -3.20. The van der Waals surface area contributed by atoms with Crippen LogP contribution < -0.4 is 5.32 Å². The fraction of sp³-hybridized carbons (Fsp3) is 0.292. The van der Waals surface area contributed by atoms with Crippen LogP contribution in [-0.4, -0.2) is 31.2 Å². The summed E-state index contributed by atoms with van der Waals surface area (Å²) < 4.78 is 26.6. The first-order valence-corrected chi connectivity index (χ1v) is 11.9. The summed E-state index contributed by atoms with van der Waals surface area (Å²) in [4.78, 5) is 12.7. The number of benzene rings is 2. The van der Waals surface area contributed by atoms with Crippen LogP contribution in [-0.2, 0) is 15.6 Å². The van der Waals surface area contributed by atoms with Gasteiger partial charge in [-0.05, 0) is 56.5 Å². The predicted molar refractivity (Wildman–Crippen MR) is 121 cm³/mol. The highest BCUT2D eigenvalue weighted by Gasteiger charge is 2.17. The topological polar surface area (TPSA) is 68.2 Å². The lowest BCUT2D eigenvalue weighted by atomic mass is 10.2. The van der Waals surface area contributed by atoms with Crippen LogP contribution in [0.25, 0.3) is 5.69 Å². The second-order valence-corrected chi connectivity index (χ2v) is 9.83. The first-order chi connectivity index (χ1) is 14.3. The molecule has 158 valence electrons. The van der Waals surface area contributed by atoms with E-state index in [0.29, 0.717) is 18.5 Å². The van der Waals surface area contributed by atoms with E-state index in [1.807, 2.05) is 75.4 Å². The lowest BCUT2D eigenvalue weighted by molar-refractivity contribution is 0.0953. The molecule has 0 spiro atoms. The van der Waals surface area contributed by atoms with E-state index in [0.717, 1.165) is 28.2 Å². The van der Waals surface area contributed by atoms with Crippen molar-refractivity contribution in [2.45, 2.75) is 32.9 Å². The van der Waals surface area contributed by atoms with Gasteiger partial charge in [-0.2, -0.15) is 0 Å². The Balaban J connectivity index is 1.59. The molecule has 30 heavy (non-hydrogen) atoms. The third-order valence-corrected chi connectivity index (χ3v) is 6.77. The molecule has 0 aliphatic heterocycles. The van der Waals surface area contributed by atoms with Crippen molar-refractivity contribution in [2.75, 3.05) is 12.3 Å². The van der Waals surface area contributed by atoms with Crippen molar-refractivity contribution < 1.29 is 13.2 Å². The zero-order chi connectivity index (χ0) is 21.7. The Morgan fingerprint density at radius 1 is 0.967 bits per heavy atom. The Morgan fingerprint density at radius 2 is 1.70 bits per heavy atom. The second kappa shape index (κ2) is 9.30. The molecule has 0 unspecified atom stereocenters. The molecule has 2 aromatic carbocycles. The molecule has 0 atom stereocenters. The van der Waals surface area contributed by atoms with Crippen molar-refractivity contribution in [3.8, 4) is 5.69 Å². The third kappa shape index (κ3) is 5.39. The van der Waals surface area contributed by atoms with Gasteiger partial charge in [0.05, 0.1) is 17.1 Å². The van der Waals surface area contributed by atoms with Crippen molar-refractivity contribution in [3.63, 3.8) is 0 Å². The van der Waals surface area contributed by atoms with Gasteiger partial charge in [-0.1, -0.05) is 42.5 Å². The van der Waals surface area contributed by atoms with Gasteiger partial charge >= 0.3 is 0 Å². The highest BCUT2D eigenvalue weighted by Crippen LogP contribution is 2.21. The smallest absolute Gasteiger partial charge is 0.253 e. The van der Waals surface area contributed by atoms with Gasteiger partial charge in [-0.25, -0.2) is 8.42 Å². The number of amides is 1. The van der Waals surface area contributed by atoms with E-state index in [1.165, 1.54) is 0 Å². The number of hydrogen-bond acceptors (Lipinski definition) is 3. The van der Waals surface area contributed by atoms with Crippen LogP contribution >= 0.6 is 0 Å². The Hall–Kier alpha value is -2.86. The van der Waals surface area contributed by atoms with E-state index in [9.17, 15) is 13.2 Å². The molecule has 0 bridgehead atoms. The monoisotopic (exact) mass is 424 g/mol. The number of hydrogen-bond donors (Lipinski definition) is 1.